The van der Waals surface area contributed by atoms with E-state index < -0.39 is 40.5 Å². The van der Waals surface area contributed by atoms with E-state index in [0.29, 0.717) is 0 Å². The first kappa shape index (κ1) is 14.5. The number of carbonyl (C=O) groups is 1. The number of halogens is 3. The number of rotatable bonds is 3. The zero-order valence-electron chi connectivity index (χ0n) is 9.71. The summed E-state index contributed by atoms with van der Waals surface area (Å²) in [5, 5.41) is 17.6. The third-order valence-electron chi connectivity index (χ3n) is 2.26. The molecule has 0 fully saturated rings. The Labute approximate surface area is 106 Å². The fourth-order valence-electron chi connectivity index (χ4n) is 1.46. The zero-order chi connectivity index (χ0) is 14.6. The number of carbonyl (C=O) groups excluding carboxylic acids is 1. The lowest BCUT2D eigenvalue weighted by Crippen LogP contribution is -2.18. The van der Waals surface area contributed by atoms with E-state index in [-0.39, 0.29) is 12.7 Å². The normalized spacial score (nSPS) is 11.3. The molecule has 1 aromatic rings. The fourth-order valence-corrected chi connectivity index (χ4v) is 1.46. The molecule has 0 bridgehead atoms. The van der Waals surface area contributed by atoms with Gasteiger partial charge in [0, 0.05) is 11.6 Å². The van der Waals surface area contributed by atoms with Crippen LogP contribution in [-0.2, 0) is 9.53 Å². The van der Waals surface area contributed by atoms with Gasteiger partial charge in [0.25, 0.3) is 0 Å². The average molecular weight is 268 g/mol. The maximum Gasteiger partial charge on any atom is 0.328 e. The highest BCUT2D eigenvalue weighted by Gasteiger charge is 2.31. The highest BCUT2D eigenvalue weighted by Crippen LogP contribution is 2.27. The largest absolute Gasteiger partial charge is 0.465 e. The number of nitriles is 2. The smallest absolute Gasteiger partial charge is 0.328 e. The van der Waals surface area contributed by atoms with E-state index in [1.807, 2.05) is 0 Å². The molecule has 0 aliphatic carbocycles. The average Bonchev–Trinajstić information content (AvgIpc) is 2.37. The first-order valence-electron chi connectivity index (χ1n) is 5.11. The van der Waals surface area contributed by atoms with Crippen LogP contribution in [0.1, 0.15) is 24.0 Å². The Balaban J connectivity index is 3.50. The van der Waals surface area contributed by atoms with Crippen molar-refractivity contribution in [3.05, 3.63) is 34.6 Å². The van der Waals surface area contributed by atoms with Crippen molar-refractivity contribution in [2.24, 2.45) is 0 Å². The van der Waals surface area contributed by atoms with Gasteiger partial charge in [-0.1, -0.05) is 0 Å². The monoisotopic (exact) mass is 268 g/mol. The molecule has 19 heavy (non-hydrogen) atoms. The Bertz CT molecular complexity index is 602. The molecule has 0 N–H and O–H groups in total. The van der Waals surface area contributed by atoms with Crippen molar-refractivity contribution in [2.45, 2.75) is 12.8 Å². The van der Waals surface area contributed by atoms with Crippen LogP contribution >= 0.6 is 0 Å². The number of benzene rings is 1. The van der Waals surface area contributed by atoms with Crippen LogP contribution in [0, 0.1) is 40.1 Å². The highest BCUT2D eigenvalue weighted by molar-refractivity contribution is 5.82. The molecule has 98 valence electrons. The van der Waals surface area contributed by atoms with E-state index >= 15 is 0 Å². The van der Waals surface area contributed by atoms with Gasteiger partial charge >= 0.3 is 5.97 Å². The van der Waals surface area contributed by atoms with Crippen LogP contribution in [0.5, 0.6) is 0 Å². The van der Waals surface area contributed by atoms with E-state index in [1.54, 1.807) is 0 Å². The fraction of sp³-hybridized carbons (Fsp3) is 0.250. The predicted molar refractivity (Wildman–Crippen MR) is 56.0 cm³/mol. The van der Waals surface area contributed by atoms with Crippen molar-refractivity contribution < 1.29 is 22.7 Å². The molecule has 1 unspecified atom stereocenters. The molecule has 0 saturated heterocycles. The van der Waals surface area contributed by atoms with Crippen LogP contribution in [0.4, 0.5) is 13.2 Å². The van der Waals surface area contributed by atoms with E-state index in [4.69, 9.17) is 10.5 Å². The summed E-state index contributed by atoms with van der Waals surface area (Å²) in [4.78, 5) is 11.5. The molecule has 0 radical (unpaired) electrons. The standard InChI is InChI=1S/C12H7F3N2O2/c1-2-19-12(18)7(5-17)10-6(4-16)11(15)9(14)3-8(10)13/h3,7H,2H2,1H3. The Morgan fingerprint density at radius 2 is 2.00 bits per heavy atom. The lowest BCUT2D eigenvalue weighted by atomic mass is 9.94. The maximum absolute atomic E-state index is 13.6. The molecule has 0 amide bonds. The van der Waals surface area contributed by atoms with Gasteiger partial charge < -0.3 is 4.74 Å². The highest BCUT2D eigenvalue weighted by atomic mass is 19.2. The van der Waals surface area contributed by atoms with Gasteiger partial charge in [0.15, 0.2) is 17.6 Å². The van der Waals surface area contributed by atoms with E-state index in [0.717, 1.165) is 0 Å². The van der Waals surface area contributed by atoms with E-state index in [2.05, 4.69) is 4.74 Å². The van der Waals surface area contributed by atoms with Gasteiger partial charge in [-0.3, -0.25) is 4.79 Å². The van der Waals surface area contributed by atoms with Crippen LogP contribution in [-0.4, -0.2) is 12.6 Å². The summed E-state index contributed by atoms with van der Waals surface area (Å²) in [5.74, 6) is -7.49. The summed E-state index contributed by atoms with van der Waals surface area (Å²) < 4.78 is 44.4. The third-order valence-corrected chi connectivity index (χ3v) is 2.26. The molecule has 4 nitrogen and oxygen atoms in total. The van der Waals surface area contributed by atoms with Crippen LogP contribution in [0.25, 0.3) is 0 Å². The van der Waals surface area contributed by atoms with Crippen LogP contribution in [0.15, 0.2) is 6.07 Å². The minimum atomic E-state index is -1.83. The second-order valence-corrected chi connectivity index (χ2v) is 3.37. The molecular formula is C12H7F3N2O2. The predicted octanol–water partition coefficient (Wildman–Crippen LogP) is 2.15. The lowest BCUT2D eigenvalue weighted by molar-refractivity contribution is -0.143. The molecule has 0 aliphatic heterocycles. The maximum atomic E-state index is 13.6. The van der Waals surface area contributed by atoms with Crippen molar-refractivity contribution in [3.63, 3.8) is 0 Å². The van der Waals surface area contributed by atoms with Gasteiger partial charge in [-0.15, -0.1) is 0 Å². The number of esters is 1. The second-order valence-electron chi connectivity index (χ2n) is 3.37. The minimum absolute atomic E-state index is 0.0792. The Morgan fingerprint density at radius 3 is 2.47 bits per heavy atom. The molecule has 0 spiro atoms. The topological polar surface area (TPSA) is 73.9 Å². The summed E-state index contributed by atoms with van der Waals surface area (Å²) >= 11 is 0. The number of hydrogen-bond donors (Lipinski definition) is 0. The summed E-state index contributed by atoms with van der Waals surface area (Å²) in [5.41, 5.74) is -1.83. The van der Waals surface area contributed by atoms with Crippen molar-refractivity contribution >= 4 is 5.97 Å². The van der Waals surface area contributed by atoms with Gasteiger partial charge in [0.1, 0.15) is 11.9 Å². The van der Waals surface area contributed by atoms with Gasteiger partial charge in [-0.05, 0) is 6.92 Å². The van der Waals surface area contributed by atoms with Crippen LogP contribution in [0.2, 0.25) is 0 Å². The van der Waals surface area contributed by atoms with E-state index in [1.165, 1.54) is 19.1 Å². The molecule has 0 aromatic heterocycles. The molecular weight excluding hydrogens is 261 g/mol. The lowest BCUT2D eigenvalue weighted by Gasteiger charge is -2.12. The van der Waals surface area contributed by atoms with Gasteiger partial charge in [0.05, 0.1) is 18.2 Å². The Hall–Kier alpha value is -2.54. The summed E-state index contributed by atoms with van der Waals surface area (Å²) in [6, 6.07) is 2.83. The van der Waals surface area contributed by atoms with Crippen molar-refractivity contribution in [1.29, 1.82) is 10.5 Å². The molecule has 7 heteroatoms. The first-order chi connectivity index (χ1) is 8.97. The Kier molecular flexibility index (Phi) is 4.49. The molecule has 1 atom stereocenters. The molecule has 1 aromatic carbocycles. The third kappa shape index (κ3) is 2.66. The van der Waals surface area contributed by atoms with Gasteiger partial charge in [-0.25, -0.2) is 13.2 Å². The molecule has 0 saturated carbocycles. The molecule has 0 heterocycles. The van der Waals surface area contributed by atoms with Crippen molar-refractivity contribution in [1.82, 2.24) is 0 Å². The van der Waals surface area contributed by atoms with Crippen LogP contribution in [0.3, 0.4) is 0 Å². The van der Waals surface area contributed by atoms with Gasteiger partial charge in [0.2, 0.25) is 0 Å². The number of ether oxygens (including phenoxy) is 1. The first-order valence-corrected chi connectivity index (χ1v) is 5.11. The van der Waals surface area contributed by atoms with Crippen molar-refractivity contribution in [3.8, 4) is 12.1 Å². The molecule has 1 rings (SSSR count). The van der Waals surface area contributed by atoms with E-state index in [9.17, 15) is 18.0 Å². The second kappa shape index (κ2) is 5.87. The molecule has 0 aliphatic rings. The summed E-state index contributed by atoms with van der Waals surface area (Å²) in [6.07, 6.45) is 0. The minimum Gasteiger partial charge on any atom is -0.465 e. The quantitative estimate of drug-likeness (QED) is 0.621. The Morgan fingerprint density at radius 1 is 1.37 bits per heavy atom. The number of hydrogen-bond acceptors (Lipinski definition) is 4. The van der Waals surface area contributed by atoms with Crippen molar-refractivity contribution in [2.75, 3.05) is 6.61 Å². The zero-order valence-corrected chi connectivity index (χ0v) is 9.71. The summed E-state index contributed by atoms with van der Waals surface area (Å²) in [6.45, 7) is 1.38. The SMILES string of the molecule is CCOC(=O)C(C#N)c1c(F)cc(F)c(F)c1C#N. The van der Waals surface area contributed by atoms with Crippen LogP contribution < -0.4 is 0 Å². The summed E-state index contributed by atoms with van der Waals surface area (Å²) in [7, 11) is 0. The number of nitrogens with zero attached hydrogens (tertiary/aromatic N) is 2. The van der Waals surface area contributed by atoms with Gasteiger partial charge in [-0.2, -0.15) is 10.5 Å².